The van der Waals surface area contributed by atoms with Gasteiger partial charge in [-0.15, -0.1) is 0 Å². The van der Waals surface area contributed by atoms with Crippen LogP contribution in [-0.2, 0) is 19.2 Å². The highest BCUT2D eigenvalue weighted by Crippen LogP contribution is 1.69. The zero-order chi connectivity index (χ0) is 11.1. The molecule has 0 fully saturated rings. The molecule has 0 spiro atoms. The summed E-state index contributed by atoms with van der Waals surface area (Å²) in [6, 6.07) is 0. The van der Waals surface area contributed by atoms with Gasteiger partial charge in [0.05, 0.1) is 12.5 Å². The highest BCUT2D eigenvalue weighted by Gasteiger charge is 2.13. The second-order valence-electron chi connectivity index (χ2n) is 2.13. The maximum Gasteiger partial charge on any atom is 0.322 e. The van der Waals surface area contributed by atoms with Crippen molar-refractivity contribution in [3.05, 3.63) is 0 Å². The molecule has 0 aromatic heterocycles. The number of hydrogen-bond acceptors (Lipinski definition) is 5. The van der Waals surface area contributed by atoms with Crippen LogP contribution in [0.15, 0.2) is 0 Å². The SMILES string of the molecule is O.O=C([O-])CNC(=O)C(=O)NCC(=O)O.[NH4+]. The summed E-state index contributed by atoms with van der Waals surface area (Å²) in [7, 11) is 0. The minimum Gasteiger partial charge on any atom is -0.548 e. The highest BCUT2D eigenvalue weighted by molar-refractivity contribution is 6.35. The molecule has 2 amide bonds. The largest absolute Gasteiger partial charge is 0.548 e. The molecular formula is C6H13N3O7. The van der Waals surface area contributed by atoms with Gasteiger partial charge in [-0.25, -0.2) is 0 Å². The van der Waals surface area contributed by atoms with E-state index in [2.05, 4.69) is 0 Å². The zero-order valence-corrected chi connectivity index (χ0v) is 8.40. The Morgan fingerprint density at radius 2 is 1.38 bits per heavy atom. The first-order valence-corrected chi connectivity index (χ1v) is 3.41. The van der Waals surface area contributed by atoms with Crippen LogP contribution in [-0.4, -0.2) is 47.4 Å². The number of carboxylic acids is 2. The molecule has 0 aromatic carbocycles. The molecule has 0 atom stereocenters. The predicted molar refractivity (Wildman–Crippen MR) is 48.3 cm³/mol. The van der Waals surface area contributed by atoms with Crippen molar-refractivity contribution in [2.75, 3.05) is 13.1 Å². The standard InChI is InChI=1S/C6H8N2O6.H3N.H2O/c9-3(10)1-7-5(13)6(14)8-2-4(11)12;;/h1-2H2,(H,7,13)(H,8,14)(H,9,10)(H,11,12);1H3;1H2. The Labute approximate surface area is 89.5 Å². The van der Waals surface area contributed by atoms with E-state index in [4.69, 9.17) is 5.11 Å². The number of hydrogen-bond donors (Lipinski definition) is 4. The molecule has 94 valence electrons. The summed E-state index contributed by atoms with van der Waals surface area (Å²) in [5.74, 6) is -5.31. The summed E-state index contributed by atoms with van der Waals surface area (Å²) in [6.45, 7) is -1.52. The molecule has 0 saturated heterocycles. The number of quaternary nitrogens is 1. The Bertz CT molecular complexity index is 249. The molecule has 10 heteroatoms. The molecule has 0 aliphatic heterocycles. The fourth-order valence-electron chi connectivity index (χ4n) is 0.469. The molecule has 0 saturated carbocycles. The summed E-state index contributed by atoms with van der Waals surface area (Å²) in [6.07, 6.45) is 0. The van der Waals surface area contributed by atoms with Crippen molar-refractivity contribution in [2.45, 2.75) is 0 Å². The van der Waals surface area contributed by atoms with Gasteiger partial charge in [0, 0.05) is 0 Å². The number of rotatable bonds is 4. The molecule has 0 bridgehead atoms. The number of carbonyl (C=O) groups excluding carboxylic acids is 3. The van der Waals surface area contributed by atoms with Crippen molar-refractivity contribution in [3.63, 3.8) is 0 Å². The van der Waals surface area contributed by atoms with Crippen molar-refractivity contribution in [1.29, 1.82) is 0 Å². The average molecular weight is 239 g/mol. The molecule has 0 unspecified atom stereocenters. The summed E-state index contributed by atoms with van der Waals surface area (Å²) in [5.41, 5.74) is 0. The van der Waals surface area contributed by atoms with Gasteiger partial charge in [0.1, 0.15) is 6.54 Å². The third kappa shape index (κ3) is 9.88. The first kappa shape index (κ1) is 19.4. The molecule has 16 heavy (non-hydrogen) atoms. The topological polar surface area (TPSA) is 204 Å². The Hall–Kier alpha value is -2.20. The highest BCUT2D eigenvalue weighted by atomic mass is 16.4. The lowest BCUT2D eigenvalue weighted by molar-refractivity contribution is -0.303. The third-order valence-corrected chi connectivity index (χ3v) is 1.000. The summed E-state index contributed by atoms with van der Waals surface area (Å²) in [4.78, 5) is 41.1. The van der Waals surface area contributed by atoms with Gasteiger partial charge in [0.2, 0.25) is 0 Å². The van der Waals surface area contributed by atoms with E-state index in [1.54, 1.807) is 10.6 Å². The summed E-state index contributed by atoms with van der Waals surface area (Å²) in [5, 5.41) is 21.4. The van der Waals surface area contributed by atoms with Gasteiger partial charge in [-0.05, 0) is 0 Å². The van der Waals surface area contributed by atoms with Crippen LogP contribution in [0.1, 0.15) is 0 Å². The van der Waals surface area contributed by atoms with E-state index in [0.717, 1.165) is 0 Å². The van der Waals surface area contributed by atoms with Gasteiger partial charge in [0.15, 0.2) is 0 Å². The Morgan fingerprint density at radius 3 is 1.69 bits per heavy atom. The minimum atomic E-state index is -1.55. The summed E-state index contributed by atoms with van der Waals surface area (Å²) >= 11 is 0. The maximum atomic E-state index is 10.7. The number of amides is 2. The quantitative estimate of drug-likeness (QED) is 0.356. The molecule has 0 aromatic rings. The number of carbonyl (C=O) groups is 4. The number of nitrogens with one attached hydrogen (secondary N) is 2. The lowest BCUT2D eigenvalue weighted by Gasteiger charge is -2.04. The summed E-state index contributed by atoms with van der Waals surface area (Å²) < 4.78 is 0. The van der Waals surface area contributed by atoms with E-state index in [0.29, 0.717) is 0 Å². The van der Waals surface area contributed by atoms with E-state index in [-0.39, 0.29) is 11.6 Å². The van der Waals surface area contributed by atoms with Crippen LogP contribution in [0.25, 0.3) is 0 Å². The smallest absolute Gasteiger partial charge is 0.322 e. The van der Waals surface area contributed by atoms with Gasteiger partial charge in [-0.1, -0.05) is 0 Å². The fourth-order valence-corrected chi connectivity index (χ4v) is 0.469. The van der Waals surface area contributed by atoms with E-state index >= 15 is 0 Å². The molecule has 0 heterocycles. The van der Waals surface area contributed by atoms with E-state index in [9.17, 15) is 24.3 Å². The van der Waals surface area contributed by atoms with Crippen LogP contribution in [0.5, 0.6) is 0 Å². The number of aliphatic carboxylic acids is 2. The van der Waals surface area contributed by atoms with E-state index in [1.807, 2.05) is 0 Å². The predicted octanol–water partition coefficient (Wildman–Crippen LogP) is -4.40. The van der Waals surface area contributed by atoms with Crippen molar-refractivity contribution in [2.24, 2.45) is 0 Å². The zero-order valence-electron chi connectivity index (χ0n) is 8.40. The molecule has 10 nitrogen and oxygen atoms in total. The Balaban J connectivity index is -0.000000845. The van der Waals surface area contributed by atoms with Gasteiger partial charge in [-0.3, -0.25) is 14.4 Å². The Morgan fingerprint density at radius 1 is 1.00 bits per heavy atom. The van der Waals surface area contributed by atoms with Crippen LogP contribution < -0.4 is 21.9 Å². The van der Waals surface area contributed by atoms with Gasteiger partial charge in [0.25, 0.3) is 0 Å². The van der Waals surface area contributed by atoms with Crippen LogP contribution in [0.2, 0.25) is 0 Å². The second-order valence-corrected chi connectivity index (χ2v) is 2.13. The molecular weight excluding hydrogens is 226 g/mol. The first-order valence-electron chi connectivity index (χ1n) is 3.41. The van der Waals surface area contributed by atoms with Crippen molar-refractivity contribution in [3.8, 4) is 0 Å². The first-order chi connectivity index (χ1) is 6.43. The molecule has 0 radical (unpaired) electrons. The van der Waals surface area contributed by atoms with Gasteiger partial charge in [-0.2, -0.15) is 0 Å². The molecule has 0 aliphatic rings. The van der Waals surface area contributed by atoms with Gasteiger partial charge >= 0.3 is 17.8 Å². The third-order valence-electron chi connectivity index (χ3n) is 1.000. The monoisotopic (exact) mass is 239 g/mol. The minimum absolute atomic E-state index is 0. The van der Waals surface area contributed by atoms with Crippen molar-refractivity contribution < 1.29 is 34.9 Å². The van der Waals surface area contributed by atoms with Crippen LogP contribution in [0, 0.1) is 0 Å². The number of carboxylic acid groups (broad SMARTS) is 2. The lowest BCUT2D eigenvalue weighted by atomic mass is 10.5. The van der Waals surface area contributed by atoms with Crippen LogP contribution in [0.4, 0.5) is 0 Å². The normalized spacial score (nSPS) is 7.75. The fraction of sp³-hybridized carbons (Fsp3) is 0.333. The average Bonchev–Trinajstić information content (AvgIpc) is 2.09. The van der Waals surface area contributed by atoms with Gasteiger partial charge < -0.3 is 37.3 Å². The molecule has 0 rings (SSSR count). The van der Waals surface area contributed by atoms with E-state index < -0.39 is 36.8 Å². The second kappa shape index (κ2) is 9.36. The van der Waals surface area contributed by atoms with E-state index in [1.165, 1.54) is 0 Å². The maximum absolute atomic E-state index is 10.7. The van der Waals surface area contributed by atoms with Crippen molar-refractivity contribution in [1.82, 2.24) is 16.8 Å². The van der Waals surface area contributed by atoms with Crippen LogP contribution >= 0.6 is 0 Å². The van der Waals surface area contributed by atoms with Crippen molar-refractivity contribution >= 4 is 23.8 Å². The molecule has 0 aliphatic carbocycles. The Kier molecular flexibility index (Phi) is 11.3. The molecule has 9 N–H and O–H groups in total. The van der Waals surface area contributed by atoms with Crippen LogP contribution in [0.3, 0.4) is 0 Å². The lowest BCUT2D eigenvalue weighted by Crippen LogP contribution is -2.45.